The fourth-order valence-electron chi connectivity index (χ4n) is 4.61. The van der Waals surface area contributed by atoms with E-state index in [-0.39, 0.29) is 48.7 Å². The second-order valence-corrected chi connectivity index (χ2v) is 12.5. The molecule has 2 aromatic rings. The number of sulfonamides is 1. The lowest BCUT2D eigenvalue weighted by molar-refractivity contribution is -0.128. The predicted octanol–water partition coefficient (Wildman–Crippen LogP) is 2.61. The van der Waals surface area contributed by atoms with Crippen molar-refractivity contribution in [1.29, 1.82) is 0 Å². The van der Waals surface area contributed by atoms with Gasteiger partial charge in [-0.05, 0) is 48.6 Å². The Hall–Kier alpha value is -3.48. The average Bonchev–Trinajstić information content (AvgIpc) is 3.32. The molecule has 0 spiro atoms. The van der Waals surface area contributed by atoms with Crippen molar-refractivity contribution in [3.8, 4) is 0 Å². The van der Waals surface area contributed by atoms with Gasteiger partial charge in [-0.15, -0.1) is 0 Å². The van der Waals surface area contributed by atoms with Gasteiger partial charge in [0.1, 0.15) is 6.61 Å². The van der Waals surface area contributed by atoms with Crippen molar-refractivity contribution in [2.45, 2.75) is 57.1 Å². The number of likely N-dealkylation sites (tertiary alicyclic amines) is 1. The number of hydrogen-bond donors (Lipinski definition) is 3. The number of nitrogens with zero attached hydrogens (tertiary/aromatic N) is 2. The number of ether oxygens (including phenoxy) is 1. The summed E-state index contributed by atoms with van der Waals surface area (Å²) in [5, 5.41) is 16.6. The summed E-state index contributed by atoms with van der Waals surface area (Å²) < 4.78 is 33.7. The third-order valence-electron chi connectivity index (χ3n) is 6.60. The zero-order chi connectivity index (χ0) is 30.0. The molecule has 11 nitrogen and oxygen atoms in total. The molecule has 0 radical (unpaired) electrons. The van der Waals surface area contributed by atoms with E-state index in [1.54, 1.807) is 4.90 Å². The number of aliphatic hydroxyl groups excluding tert-OH is 1. The van der Waals surface area contributed by atoms with Crippen LogP contribution in [0.2, 0.25) is 0 Å². The van der Waals surface area contributed by atoms with Crippen molar-refractivity contribution in [3.05, 3.63) is 60.2 Å². The molecule has 2 aromatic carbocycles. The van der Waals surface area contributed by atoms with Gasteiger partial charge in [-0.1, -0.05) is 44.2 Å². The number of nitrogens with one attached hydrogen (secondary N) is 2. The van der Waals surface area contributed by atoms with E-state index in [4.69, 9.17) is 4.74 Å². The molecule has 3 rings (SSSR count). The Morgan fingerprint density at radius 1 is 1.07 bits per heavy atom. The van der Waals surface area contributed by atoms with Crippen LogP contribution in [0, 0.1) is 5.92 Å². The molecular formula is C29H40N4O7S. The monoisotopic (exact) mass is 588 g/mol. The van der Waals surface area contributed by atoms with Crippen LogP contribution in [0.15, 0.2) is 59.5 Å². The molecule has 224 valence electrons. The topological polar surface area (TPSA) is 145 Å². The second-order valence-electron chi connectivity index (χ2n) is 10.5. The van der Waals surface area contributed by atoms with Crippen molar-refractivity contribution in [3.63, 3.8) is 0 Å². The number of benzene rings is 2. The number of carbonyl (C=O) groups excluding carboxylic acids is 3. The molecule has 1 fully saturated rings. The van der Waals surface area contributed by atoms with E-state index < -0.39 is 28.3 Å². The summed E-state index contributed by atoms with van der Waals surface area (Å²) in [6.45, 7) is 5.91. The van der Waals surface area contributed by atoms with E-state index in [0.717, 1.165) is 12.0 Å². The van der Waals surface area contributed by atoms with Crippen LogP contribution in [-0.2, 0) is 30.8 Å². The van der Waals surface area contributed by atoms with Gasteiger partial charge >= 0.3 is 6.09 Å². The van der Waals surface area contributed by atoms with Gasteiger partial charge < -0.3 is 25.4 Å². The largest absolute Gasteiger partial charge is 0.448 e. The number of hydrogen-bond acceptors (Lipinski definition) is 7. The lowest BCUT2D eigenvalue weighted by Crippen LogP contribution is -2.51. The van der Waals surface area contributed by atoms with Crippen LogP contribution >= 0.6 is 0 Å². The standard InChI is InChI=1S/C29H40N4O7S/c1-21(2)19-33(41(38,39)25-13-11-24(12-14-25)30-22(3)34)20-27(35)26(18-23-8-5-4-6-9-23)31-29(37)40-17-16-32-15-7-10-28(32)36/h4-6,8-9,11-14,21,26-27,35H,7,10,15-20H2,1-3H3,(H,30,34)(H,31,37)/t26-,27+/m0/s1. The van der Waals surface area contributed by atoms with Crippen molar-refractivity contribution in [1.82, 2.24) is 14.5 Å². The van der Waals surface area contributed by atoms with Crippen LogP contribution < -0.4 is 10.6 Å². The number of carbonyl (C=O) groups is 3. The molecule has 0 aromatic heterocycles. The molecule has 2 atom stereocenters. The third-order valence-corrected chi connectivity index (χ3v) is 8.45. The van der Waals surface area contributed by atoms with Crippen LogP contribution in [0.3, 0.4) is 0 Å². The maximum absolute atomic E-state index is 13.6. The Balaban J connectivity index is 1.74. The highest BCUT2D eigenvalue weighted by molar-refractivity contribution is 7.89. The second kappa shape index (κ2) is 14.9. The number of alkyl carbamates (subject to hydrolysis) is 1. The molecule has 3 amide bonds. The maximum atomic E-state index is 13.6. The highest BCUT2D eigenvalue weighted by Crippen LogP contribution is 2.21. The molecule has 3 N–H and O–H groups in total. The molecule has 1 aliphatic heterocycles. The molecule has 41 heavy (non-hydrogen) atoms. The zero-order valence-corrected chi connectivity index (χ0v) is 24.6. The van der Waals surface area contributed by atoms with Gasteiger partial charge in [0.15, 0.2) is 0 Å². The highest BCUT2D eigenvalue weighted by Gasteiger charge is 2.31. The summed E-state index contributed by atoms with van der Waals surface area (Å²) in [4.78, 5) is 37.5. The molecule has 1 aliphatic rings. The van der Waals surface area contributed by atoms with E-state index in [2.05, 4.69) is 10.6 Å². The normalized spacial score (nSPS) is 15.2. The fourth-order valence-corrected chi connectivity index (χ4v) is 6.23. The first-order chi connectivity index (χ1) is 19.5. The predicted molar refractivity (Wildman–Crippen MR) is 155 cm³/mol. The smallest absolute Gasteiger partial charge is 0.407 e. The zero-order valence-electron chi connectivity index (χ0n) is 23.8. The van der Waals surface area contributed by atoms with E-state index in [1.165, 1.54) is 35.5 Å². The number of amides is 3. The van der Waals surface area contributed by atoms with Gasteiger partial charge in [0, 0.05) is 38.7 Å². The van der Waals surface area contributed by atoms with Crippen LogP contribution in [0.25, 0.3) is 0 Å². The molecule has 1 heterocycles. The molecule has 12 heteroatoms. The maximum Gasteiger partial charge on any atom is 0.407 e. The van der Waals surface area contributed by atoms with Gasteiger partial charge in [0.25, 0.3) is 0 Å². The van der Waals surface area contributed by atoms with Crippen LogP contribution in [0.4, 0.5) is 10.5 Å². The summed E-state index contributed by atoms with van der Waals surface area (Å²) in [6, 6.07) is 14.2. The molecule has 0 aliphatic carbocycles. The van der Waals surface area contributed by atoms with Gasteiger partial charge in [-0.3, -0.25) is 9.59 Å². The first-order valence-electron chi connectivity index (χ1n) is 13.8. The Morgan fingerprint density at radius 2 is 1.76 bits per heavy atom. The minimum absolute atomic E-state index is 0.00800. The van der Waals surface area contributed by atoms with Crippen molar-refractivity contribution in [2.75, 3.05) is 38.1 Å². The van der Waals surface area contributed by atoms with Crippen LogP contribution in [0.5, 0.6) is 0 Å². The van der Waals surface area contributed by atoms with E-state index in [0.29, 0.717) is 25.2 Å². The molecular weight excluding hydrogens is 548 g/mol. The summed E-state index contributed by atoms with van der Waals surface area (Å²) in [5.74, 6) is -0.290. The highest BCUT2D eigenvalue weighted by atomic mass is 32.2. The summed E-state index contributed by atoms with van der Waals surface area (Å²) in [7, 11) is -4.02. The summed E-state index contributed by atoms with van der Waals surface area (Å²) in [5.41, 5.74) is 1.30. The van der Waals surface area contributed by atoms with Crippen LogP contribution in [-0.4, -0.2) is 85.6 Å². The Labute approximate surface area is 241 Å². The first kappa shape index (κ1) is 32.0. The lowest BCUT2D eigenvalue weighted by atomic mass is 10.0. The fraction of sp³-hybridized carbons (Fsp3) is 0.483. The molecule has 1 saturated heterocycles. The first-order valence-corrected chi connectivity index (χ1v) is 15.2. The Morgan fingerprint density at radius 3 is 2.34 bits per heavy atom. The van der Waals surface area contributed by atoms with E-state index in [9.17, 15) is 27.9 Å². The number of anilines is 1. The van der Waals surface area contributed by atoms with Gasteiger partial charge in [-0.25, -0.2) is 13.2 Å². The lowest BCUT2D eigenvalue weighted by Gasteiger charge is -2.30. The minimum Gasteiger partial charge on any atom is -0.448 e. The van der Waals surface area contributed by atoms with Gasteiger partial charge in [0.2, 0.25) is 21.8 Å². The number of rotatable bonds is 14. The van der Waals surface area contributed by atoms with Gasteiger partial charge in [-0.2, -0.15) is 4.31 Å². The Kier molecular flexibility index (Phi) is 11.7. The van der Waals surface area contributed by atoms with Crippen molar-refractivity contribution < 1.29 is 32.6 Å². The van der Waals surface area contributed by atoms with E-state index >= 15 is 0 Å². The average molecular weight is 589 g/mol. The van der Waals surface area contributed by atoms with Crippen LogP contribution in [0.1, 0.15) is 39.2 Å². The van der Waals surface area contributed by atoms with E-state index in [1.807, 2.05) is 44.2 Å². The quantitative estimate of drug-likeness (QED) is 0.308. The molecule has 0 unspecified atom stereocenters. The van der Waals surface area contributed by atoms with Crippen molar-refractivity contribution >= 4 is 33.6 Å². The third kappa shape index (κ3) is 9.83. The van der Waals surface area contributed by atoms with Gasteiger partial charge in [0.05, 0.1) is 23.6 Å². The summed E-state index contributed by atoms with van der Waals surface area (Å²) >= 11 is 0. The molecule has 0 saturated carbocycles. The SMILES string of the molecule is CC(=O)Nc1ccc(S(=O)(=O)N(CC(C)C)C[C@@H](O)[C@H](Cc2ccccc2)NC(=O)OCCN2CCCC2=O)cc1. The summed E-state index contributed by atoms with van der Waals surface area (Å²) in [6.07, 6.45) is -0.514. The molecule has 0 bridgehead atoms. The number of aliphatic hydroxyl groups is 1. The minimum atomic E-state index is -4.02. The van der Waals surface area contributed by atoms with Crippen molar-refractivity contribution in [2.24, 2.45) is 5.92 Å². The Bertz CT molecular complexity index is 1270.